The first-order valence-corrected chi connectivity index (χ1v) is 12.7. The van der Waals surface area contributed by atoms with Gasteiger partial charge in [0.15, 0.2) is 11.5 Å². The van der Waals surface area contributed by atoms with Gasteiger partial charge in [-0.15, -0.1) is 0 Å². The maximum absolute atomic E-state index is 11.8. The lowest BCUT2D eigenvalue weighted by atomic mass is 10.0. The minimum Gasteiger partial charge on any atom is -0.493 e. The average molecular weight is 509 g/mol. The number of likely N-dealkylation sites (tertiary alicyclic amines) is 1. The fourth-order valence-corrected chi connectivity index (χ4v) is 4.81. The third-order valence-corrected chi connectivity index (χ3v) is 6.83. The number of fused-ring (bicyclic) bond motifs is 1. The Morgan fingerprint density at radius 2 is 2.11 bits per heavy atom. The molecule has 198 valence electrons. The molecule has 0 spiro atoms. The third-order valence-electron chi connectivity index (χ3n) is 6.83. The van der Waals surface area contributed by atoms with Crippen LogP contribution in [0.2, 0.25) is 0 Å². The van der Waals surface area contributed by atoms with Crippen LogP contribution in [0.25, 0.3) is 10.9 Å². The normalized spacial score (nSPS) is 16.1. The number of nitrogens with one attached hydrogen (secondary N) is 1. The monoisotopic (exact) mass is 508 g/mol. The Morgan fingerprint density at radius 3 is 2.84 bits per heavy atom. The largest absolute Gasteiger partial charge is 0.493 e. The van der Waals surface area contributed by atoms with Crippen LogP contribution < -0.4 is 20.5 Å². The van der Waals surface area contributed by atoms with Crippen LogP contribution >= 0.6 is 0 Å². The number of rotatable bonds is 11. The molecule has 0 saturated carbocycles. The lowest BCUT2D eigenvalue weighted by Crippen LogP contribution is -2.39. The molecule has 1 aliphatic rings. The Bertz CT molecular complexity index is 1250. The number of aliphatic hydroxyl groups excluding tert-OH is 2. The Labute approximate surface area is 217 Å². The molecule has 0 radical (unpaired) electrons. The van der Waals surface area contributed by atoms with Gasteiger partial charge < -0.3 is 35.6 Å². The number of piperidine rings is 1. The van der Waals surface area contributed by atoms with E-state index < -0.39 is 5.91 Å². The summed E-state index contributed by atoms with van der Waals surface area (Å²) in [5, 5.41) is 23.8. The highest BCUT2D eigenvalue weighted by Crippen LogP contribution is 2.38. The first-order chi connectivity index (χ1) is 17.9. The van der Waals surface area contributed by atoms with Crippen molar-refractivity contribution in [3.05, 3.63) is 53.2 Å². The molecule has 1 amide bonds. The predicted molar refractivity (Wildman–Crippen MR) is 143 cm³/mol. The number of pyridine rings is 1. The molecule has 1 saturated heterocycles. The Morgan fingerprint density at radius 1 is 1.27 bits per heavy atom. The molecule has 9 nitrogen and oxygen atoms in total. The van der Waals surface area contributed by atoms with Crippen LogP contribution in [0.3, 0.4) is 0 Å². The van der Waals surface area contributed by atoms with Gasteiger partial charge in [0.2, 0.25) is 5.91 Å². The lowest BCUT2D eigenvalue weighted by Gasteiger charge is -2.29. The summed E-state index contributed by atoms with van der Waals surface area (Å²) >= 11 is 0. The predicted octanol–water partition coefficient (Wildman–Crippen LogP) is 3.04. The summed E-state index contributed by atoms with van der Waals surface area (Å²) in [6, 6.07) is 9.36. The molecular weight excluding hydrogens is 472 g/mol. The van der Waals surface area contributed by atoms with Crippen LogP contribution in [0.5, 0.6) is 11.5 Å². The van der Waals surface area contributed by atoms with Gasteiger partial charge in [0, 0.05) is 42.0 Å². The second kappa shape index (κ2) is 12.2. The van der Waals surface area contributed by atoms with Gasteiger partial charge in [-0.1, -0.05) is 12.1 Å². The highest BCUT2D eigenvalue weighted by molar-refractivity contribution is 5.98. The van der Waals surface area contributed by atoms with Gasteiger partial charge in [-0.05, 0) is 56.0 Å². The van der Waals surface area contributed by atoms with E-state index >= 15 is 0 Å². The van der Waals surface area contributed by atoms with E-state index in [9.17, 15) is 15.0 Å². The lowest BCUT2D eigenvalue weighted by molar-refractivity contribution is -0.117. The number of nitrogens with zero attached hydrogens (tertiary/aromatic N) is 2. The van der Waals surface area contributed by atoms with Gasteiger partial charge in [0.1, 0.15) is 0 Å². The number of carbonyl (C=O) groups is 1. The summed E-state index contributed by atoms with van der Waals surface area (Å²) in [6.45, 7) is 4.95. The van der Waals surface area contributed by atoms with E-state index in [0.717, 1.165) is 54.6 Å². The second-order valence-corrected chi connectivity index (χ2v) is 9.49. The maximum Gasteiger partial charge on any atom is 0.221 e. The molecule has 1 unspecified atom stereocenters. The van der Waals surface area contributed by atoms with Gasteiger partial charge in [-0.2, -0.15) is 0 Å². The van der Waals surface area contributed by atoms with Crippen LogP contribution in [-0.2, 0) is 17.8 Å². The van der Waals surface area contributed by atoms with Gasteiger partial charge in [-0.3, -0.25) is 9.78 Å². The number of anilines is 2. The number of ether oxygens (including phenoxy) is 2. The number of hydrogen-bond acceptors (Lipinski definition) is 8. The minimum absolute atomic E-state index is 0.0236. The molecule has 37 heavy (non-hydrogen) atoms. The summed E-state index contributed by atoms with van der Waals surface area (Å²) in [7, 11) is 1.59. The first kappa shape index (κ1) is 26.7. The number of aromatic nitrogens is 1. The van der Waals surface area contributed by atoms with Crippen molar-refractivity contribution in [3.8, 4) is 11.5 Å². The molecule has 3 aromatic rings. The van der Waals surface area contributed by atoms with Gasteiger partial charge in [-0.25, -0.2) is 0 Å². The quantitative estimate of drug-likeness (QED) is 0.291. The van der Waals surface area contributed by atoms with Crippen molar-refractivity contribution in [1.82, 2.24) is 9.88 Å². The van der Waals surface area contributed by atoms with Crippen molar-refractivity contribution in [2.75, 3.05) is 38.7 Å². The van der Waals surface area contributed by atoms with Crippen LogP contribution in [0.1, 0.15) is 36.0 Å². The summed E-state index contributed by atoms with van der Waals surface area (Å²) in [5.41, 5.74) is 10.1. The molecule has 1 atom stereocenters. The van der Waals surface area contributed by atoms with Crippen molar-refractivity contribution >= 4 is 28.2 Å². The van der Waals surface area contributed by atoms with Gasteiger partial charge in [0.05, 0.1) is 44.1 Å². The highest BCUT2D eigenvalue weighted by Gasteiger charge is 2.18. The number of amides is 1. The van der Waals surface area contributed by atoms with Gasteiger partial charge in [0.25, 0.3) is 0 Å². The van der Waals surface area contributed by atoms with Crippen molar-refractivity contribution in [1.29, 1.82) is 0 Å². The zero-order valence-electron chi connectivity index (χ0n) is 21.5. The number of nitrogens with two attached hydrogens (primary N) is 1. The highest BCUT2D eigenvalue weighted by atomic mass is 16.5. The van der Waals surface area contributed by atoms with Crippen LogP contribution in [0, 0.1) is 6.92 Å². The van der Waals surface area contributed by atoms with E-state index in [4.69, 9.17) is 15.2 Å². The standard InChI is InChI=1S/C28H36N4O5/c1-18-19(17-33)6-3-8-23(18)31-28-20(12-27(29)35)15-30-24-14-26(25(36-2)13-22(24)28)37-11-5-10-32-9-4-7-21(34)16-32/h3,6,8,13-15,21,33-34H,4-5,7,9-12,16-17H2,1-2H3,(H2,29,35)(H,30,31). The third kappa shape index (κ3) is 6.49. The van der Waals surface area contributed by atoms with E-state index in [1.807, 2.05) is 37.3 Å². The molecule has 9 heteroatoms. The smallest absolute Gasteiger partial charge is 0.221 e. The van der Waals surface area contributed by atoms with Crippen molar-refractivity contribution in [3.63, 3.8) is 0 Å². The van der Waals surface area contributed by atoms with Crippen LogP contribution in [0.15, 0.2) is 36.5 Å². The summed E-state index contributed by atoms with van der Waals surface area (Å²) < 4.78 is 11.7. The topological polar surface area (TPSA) is 130 Å². The maximum atomic E-state index is 11.8. The van der Waals surface area contributed by atoms with Crippen molar-refractivity contribution in [2.45, 2.75) is 45.3 Å². The van der Waals surface area contributed by atoms with E-state index in [0.29, 0.717) is 41.4 Å². The zero-order chi connectivity index (χ0) is 26.4. The number of carbonyl (C=O) groups excluding carboxylic acids is 1. The van der Waals surface area contributed by atoms with Crippen LogP contribution in [0.4, 0.5) is 11.4 Å². The Hall–Kier alpha value is -3.40. The first-order valence-electron chi connectivity index (χ1n) is 12.7. The fourth-order valence-electron chi connectivity index (χ4n) is 4.81. The molecule has 0 bridgehead atoms. The van der Waals surface area contributed by atoms with E-state index in [1.165, 1.54) is 0 Å². The number of hydrogen-bond donors (Lipinski definition) is 4. The molecule has 5 N–H and O–H groups in total. The SMILES string of the molecule is COc1cc2c(Nc3cccc(CO)c3C)c(CC(N)=O)cnc2cc1OCCCN1CCCC(O)C1. The van der Waals surface area contributed by atoms with E-state index in [1.54, 1.807) is 13.3 Å². The minimum atomic E-state index is -0.460. The zero-order valence-corrected chi connectivity index (χ0v) is 21.5. The van der Waals surface area contributed by atoms with Crippen molar-refractivity contribution < 1.29 is 24.5 Å². The molecule has 0 aliphatic carbocycles. The summed E-state index contributed by atoms with van der Waals surface area (Å²) in [5.74, 6) is 0.689. The number of β-amino-alcohol motifs (C(OH)–C–C–N with tert-alkyl or cyclic N) is 1. The molecule has 1 fully saturated rings. The molecule has 2 heterocycles. The fraction of sp³-hybridized carbons (Fsp3) is 0.429. The number of benzene rings is 2. The number of primary amides is 1. The Kier molecular flexibility index (Phi) is 8.81. The second-order valence-electron chi connectivity index (χ2n) is 9.49. The Balaban J connectivity index is 1.60. The number of aliphatic hydroxyl groups is 2. The molecular formula is C28H36N4O5. The summed E-state index contributed by atoms with van der Waals surface area (Å²) in [6.07, 6.45) is 4.15. The van der Waals surface area contributed by atoms with Crippen LogP contribution in [-0.4, -0.2) is 65.5 Å². The average Bonchev–Trinajstić information content (AvgIpc) is 2.88. The summed E-state index contributed by atoms with van der Waals surface area (Å²) in [4.78, 5) is 18.7. The van der Waals surface area contributed by atoms with Crippen molar-refractivity contribution in [2.24, 2.45) is 5.73 Å². The molecule has 1 aliphatic heterocycles. The van der Waals surface area contributed by atoms with E-state index in [2.05, 4.69) is 15.2 Å². The number of methoxy groups -OCH3 is 1. The molecule has 1 aromatic heterocycles. The molecule has 4 rings (SSSR count). The van der Waals surface area contributed by atoms with E-state index in [-0.39, 0.29) is 19.1 Å². The van der Waals surface area contributed by atoms with Gasteiger partial charge >= 0.3 is 0 Å². The molecule has 2 aromatic carbocycles.